The van der Waals surface area contributed by atoms with Crippen LogP contribution in [0.3, 0.4) is 0 Å². The molecule has 1 aromatic heterocycles. The van der Waals surface area contributed by atoms with Crippen LogP contribution in [0.4, 0.5) is 13.2 Å². The summed E-state index contributed by atoms with van der Waals surface area (Å²) in [5.41, 5.74) is 4.49. The fraction of sp³-hybridized carbons (Fsp3) is 0.375. The van der Waals surface area contributed by atoms with Crippen LogP contribution in [-0.4, -0.2) is 0 Å². The first-order chi connectivity index (χ1) is 6.45. The second-order valence-electron chi connectivity index (χ2n) is 2.70. The van der Waals surface area contributed by atoms with E-state index in [0.717, 1.165) is 6.07 Å². The molecule has 0 aliphatic rings. The number of hydrogen-bond donors (Lipinski definition) is 1. The first-order valence-corrected chi connectivity index (χ1v) is 3.73. The normalized spacial score (nSPS) is 13.6. The fourth-order valence-corrected chi connectivity index (χ4v) is 0.895. The van der Waals surface area contributed by atoms with Gasteiger partial charge in [0.15, 0.2) is 0 Å². The van der Waals surface area contributed by atoms with E-state index in [0.29, 0.717) is 6.26 Å². The van der Waals surface area contributed by atoms with Gasteiger partial charge >= 0.3 is 6.18 Å². The highest BCUT2D eigenvalue weighted by molar-refractivity contribution is 5.18. The molecule has 1 unspecified atom stereocenters. The molecule has 14 heavy (non-hydrogen) atoms. The molecule has 0 saturated carbocycles. The van der Waals surface area contributed by atoms with Crippen LogP contribution in [0.2, 0.25) is 0 Å². The predicted molar refractivity (Wildman–Crippen MR) is 40.9 cm³/mol. The monoisotopic (exact) mass is 204 g/mol. The van der Waals surface area contributed by atoms with Gasteiger partial charge in [-0.05, 0) is 6.07 Å². The molecule has 1 atom stereocenters. The van der Waals surface area contributed by atoms with Crippen molar-refractivity contribution >= 4 is 0 Å². The summed E-state index contributed by atoms with van der Waals surface area (Å²) in [6.07, 6.45) is -3.93. The third-order valence-electron chi connectivity index (χ3n) is 1.62. The number of nitrogens with zero attached hydrogens (tertiary/aromatic N) is 1. The summed E-state index contributed by atoms with van der Waals surface area (Å²) in [6, 6.07) is 1.75. The summed E-state index contributed by atoms with van der Waals surface area (Å²) in [5.74, 6) is -0.0288. The minimum atomic E-state index is -4.44. The average Bonchev–Trinajstić information content (AvgIpc) is 2.51. The molecular formula is C8H7F3N2O. The molecule has 0 saturated heterocycles. The number of halogens is 3. The minimum Gasteiger partial charge on any atom is -0.467 e. The van der Waals surface area contributed by atoms with Crippen molar-refractivity contribution in [1.29, 1.82) is 5.26 Å². The van der Waals surface area contributed by atoms with Gasteiger partial charge in [0, 0.05) is 0 Å². The van der Waals surface area contributed by atoms with Gasteiger partial charge in [-0.15, -0.1) is 0 Å². The molecule has 1 rings (SSSR count). The van der Waals surface area contributed by atoms with Crippen LogP contribution in [0, 0.1) is 11.3 Å². The number of furan rings is 1. The highest BCUT2D eigenvalue weighted by atomic mass is 19.4. The molecule has 76 valence electrons. The summed E-state index contributed by atoms with van der Waals surface area (Å²) in [7, 11) is 0. The van der Waals surface area contributed by atoms with E-state index in [2.05, 4.69) is 4.42 Å². The number of alkyl halides is 3. The zero-order valence-corrected chi connectivity index (χ0v) is 7.01. The predicted octanol–water partition coefficient (Wildman–Crippen LogP) is 2.21. The summed E-state index contributed by atoms with van der Waals surface area (Å²) in [6.45, 7) is 0. The third kappa shape index (κ3) is 2.26. The van der Waals surface area contributed by atoms with Gasteiger partial charge in [-0.1, -0.05) is 0 Å². The van der Waals surface area contributed by atoms with Gasteiger partial charge in [0.05, 0.1) is 24.1 Å². The van der Waals surface area contributed by atoms with Gasteiger partial charge in [-0.3, -0.25) is 0 Å². The van der Waals surface area contributed by atoms with E-state index in [4.69, 9.17) is 11.0 Å². The topological polar surface area (TPSA) is 63.0 Å². The van der Waals surface area contributed by atoms with Crippen LogP contribution in [0.1, 0.15) is 23.8 Å². The third-order valence-corrected chi connectivity index (χ3v) is 1.62. The van der Waals surface area contributed by atoms with Crippen molar-refractivity contribution in [2.75, 3.05) is 0 Å². The van der Waals surface area contributed by atoms with E-state index in [1.807, 2.05) is 0 Å². The highest BCUT2D eigenvalue weighted by Gasteiger charge is 2.33. The van der Waals surface area contributed by atoms with Crippen molar-refractivity contribution in [2.24, 2.45) is 5.73 Å². The lowest BCUT2D eigenvalue weighted by Crippen LogP contribution is -2.08. The van der Waals surface area contributed by atoms with Gasteiger partial charge in [-0.2, -0.15) is 18.4 Å². The highest BCUT2D eigenvalue weighted by Crippen LogP contribution is 2.32. The Kier molecular flexibility index (Phi) is 2.81. The largest absolute Gasteiger partial charge is 0.467 e. The van der Waals surface area contributed by atoms with E-state index >= 15 is 0 Å². The molecule has 3 nitrogen and oxygen atoms in total. The van der Waals surface area contributed by atoms with Crippen molar-refractivity contribution in [1.82, 2.24) is 0 Å². The SMILES string of the molecule is N#CCC(N)c1cc(C(F)(F)F)co1. The molecule has 2 N–H and O–H groups in total. The number of rotatable bonds is 2. The van der Waals surface area contributed by atoms with Crippen molar-refractivity contribution in [2.45, 2.75) is 18.6 Å². The fourth-order valence-electron chi connectivity index (χ4n) is 0.895. The Bertz CT molecular complexity index is 350. The van der Waals surface area contributed by atoms with Crippen LogP contribution in [0.15, 0.2) is 16.7 Å². The Morgan fingerprint density at radius 1 is 1.57 bits per heavy atom. The lowest BCUT2D eigenvalue weighted by molar-refractivity contribution is -0.137. The van der Waals surface area contributed by atoms with E-state index in [1.54, 1.807) is 6.07 Å². The standard InChI is InChI=1S/C8H7F3N2O/c9-8(10,11)5-3-7(14-4-5)6(13)1-2-12/h3-4,6H,1,13H2. The summed E-state index contributed by atoms with van der Waals surface area (Å²) in [5, 5.41) is 8.27. The van der Waals surface area contributed by atoms with Gasteiger partial charge in [0.1, 0.15) is 12.0 Å². The zero-order valence-electron chi connectivity index (χ0n) is 7.01. The Labute approximate surface area is 77.9 Å². The zero-order chi connectivity index (χ0) is 10.8. The van der Waals surface area contributed by atoms with Gasteiger partial charge in [0.2, 0.25) is 0 Å². The van der Waals surface area contributed by atoms with E-state index in [-0.39, 0.29) is 12.2 Å². The Morgan fingerprint density at radius 2 is 2.21 bits per heavy atom. The van der Waals surface area contributed by atoms with Crippen molar-refractivity contribution in [3.63, 3.8) is 0 Å². The molecule has 0 aromatic carbocycles. The molecule has 1 aromatic rings. The molecule has 0 aliphatic carbocycles. The average molecular weight is 204 g/mol. The Morgan fingerprint density at radius 3 is 2.64 bits per heavy atom. The summed E-state index contributed by atoms with van der Waals surface area (Å²) in [4.78, 5) is 0. The van der Waals surface area contributed by atoms with Crippen molar-refractivity contribution < 1.29 is 17.6 Å². The van der Waals surface area contributed by atoms with Crippen LogP contribution in [-0.2, 0) is 6.18 Å². The molecule has 0 radical (unpaired) electrons. The Balaban J connectivity index is 2.84. The van der Waals surface area contributed by atoms with Crippen molar-refractivity contribution in [3.8, 4) is 6.07 Å². The molecule has 1 heterocycles. The molecule has 0 bridgehead atoms. The Hall–Kier alpha value is -1.48. The van der Waals surface area contributed by atoms with Crippen LogP contribution in [0.5, 0.6) is 0 Å². The van der Waals surface area contributed by atoms with Crippen LogP contribution < -0.4 is 5.73 Å². The quantitative estimate of drug-likeness (QED) is 0.803. The maximum atomic E-state index is 12.1. The maximum absolute atomic E-state index is 12.1. The second-order valence-corrected chi connectivity index (χ2v) is 2.70. The summed E-state index contributed by atoms with van der Waals surface area (Å²) < 4.78 is 40.9. The molecule has 0 spiro atoms. The first kappa shape index (κ1) is 10.6. The number of hydrogen-bond acceptors (Lipinski definition) is 3. The second kappa shape index (κ2) is 3.72. The van der Waals surface area contributed by atoms with Crippen LogP contribution in [0.25, 0.3) is 0 Å². The summed E-state index contributed by atoms with van der Waals surface area (Å²) >= 11 is 0. The van der Waals surface area contributed by atoms with Crippen LogP contribution >= 0.6 is 0 Å². The lowest BCUT2D eigenvalue weighted by atomic mass is 10.1. The molecule has 0 aliphatic heterocycles. The molecule has 0 amide bonds. The van der Waals surface area contributed by atoms with Gasteiger partial charge < -0.3 is 10.2 Å². The van der Waals surface area contributed by atoms with Gasteiger partial charge in [0.25, 0.3) is 0 Å². The smallest absolute Gasteiger partial charge is 0.419 e. The van der Waals surface area contributed by atoms with E-state index < -0.39 is 17.8 Å². The molecular weight excluding hydrogens is 197 g/mol. The van der Waals surface area contributed by atoms with E-state index in [1.165, 1.54) is 0 Å². The lowest BCUT2D eigenvalue weighted by Gasteiger charge is -2.01. The number of nitrogens with two attached hydrogens (primary N) is 1. The molecule has 6 heteroatoms. The van der Waals surface area contributed by atoms with Crippen molar-refractivity contribution in [3.05, 3.63) is 23.7 Å². The van der Waals surface area contributed by atoms with Gasteiger partial charge in [-0.25, -0.2) is 0 Å². The molecule has 0 fully saturated rings. The van der Waals surface area contributed by atoms with E-state index in [9.17, 15) is 13.2 Å². The number of nitriles is 1. The first-order valence-electron chi connectivity index (χ1n) is 3.73. The minimum absolute atomic E-state index is 0.0288. The maximum Gasteiger partial charge on any atom is 0.419 e.